The average Bonchev–Trinajstić information content (AvgIpc) is 2.23. The second kappa shape index (κ2) is 7.57. The Bertz CT molecular complexity index is 304. The van der Waals surface area contributed by atoms with Crippen LogP contribution in [-0.4, -0.2) is 42.1 Å². The summed E-state index contributed by atoms with van der Waals surface area (Å²) >= 11 is 0. The van der Waals surface area contributed by atoms with Crippen molar-refractivity contribution in [2.75, 3.05) is 20.1 Å². The lowest BCUT2D eigenvalue weighted by Gasteiger charge is -2.19. The number of carboxylic acids is 1. The summed E-state index contributed by atoms with van der Waals surface area (Å²) in [7, 11) is 1.57. The van der Waals surface area contributed by atoms with E-state index in [2.05, 4.69) is 17.2 Å². The summed E-state index contributed by atoms with van der Waals surface area (Å²) in [5, 5.41) is 11.3. The fourth-order valence-corrected chi connectivity index (χ4v) is 1.06. The predicted octanol–water partition coefficient (Wildman–Crippen LogP) is 0.762. The molecule has 0 spiro atoms. The van der Waals surface area contributed by atoms with E-state index in [1.165, 1.54) is 4.90 Å². The van der Waals surface area contributed by atoms with Crippen LogP contribution in [0.3, 0.4) is 0 Å². The summed E-state index contributed by atoms with van der Waals surface area (Å²) in [6.45, 7) is 3.98. The van der Waals surface area contributed by atoms with E-state index in [1.807, 2.05) is 0 Å². The SMILES string of the molecule is CC#CCCNC(=O)N(C)CC(C)C(=O)O. The highest BCUT2D eigenvalue weighted by atomic mass is 16.4. The largest absolute Gasteiger partial charge is 0.481 e. The van der Waals surface area contributed by atoms with Crippen molar-refractivity contribution in [1.29, 1.82) is 0 Å². The minimum Gasteiger partial charge on any atom is -0.481 e. The van der Waals surface area contributed by atoms with Gasteiger partial charge in [0.05, 0.1) is 5.92 Å². The van der Waals surface area contributed by atoms with Crippen molar-refractivity contribution >= 4 is 12.0 Å². The molecule has 16 heavy (non-hydrogen) atoms. The summed E-state index contributed by atoms with van der Waals surface area (Å²) in [6.07, 6.45) is 0.602. The van der Waals surface area contributed by atoms with Gasteiger partial charge in [-0.1, -0.05) is 6.92 Å². The number of rotatable bonds is 5. The number of carbonyl (C=O) groups is 2. The fraction of sp³-hybridized carbons (Fsp3) is 0.636. The minimum absolute atomic E-state index is 0.195. The smallest absolute Gasteiger partial charge is 0.317 e. The maximum atomic E-state index is 11.4. The monoisotopic (exact) mass is 226 g/mol. The van der Waals surface area contributed by atoms with Gasteiger partial charge in [-0.25, -0.2) is 4.79 Å². The third kappa shape index (κ3) is 5.91. The van der Waals surface area contributed by atoms with Crippen LogP contribution in [0.5, 0.6) is 0 Å². The van der Waals surface area contributed by atoms with Crippen molar-refractivity contribution in [2.45, 2.75) is 20.3 Å². The Labute approximate surface area is 95.8 Å². The maximum absolute atomic E-state index is 11.4. The molecule has 5 heteroatoms. The maximum Gasteiger partial charge on any atom is 0.317 e. The van der Waals surface area contributed by atoms with Crippen molar-refractivity contribution in [1.82, 2.24) is 10.2 Å². The van der Waals surface area contributed by atoms with Crippen molar-refractivity contribution in [3.05, 3.63) is 0 Å². The van der Waals surface area contributed by atoms with Crippen LogP contribution in [-0.2, 0) is 4.79 Å². The molecule has 0 saturated carbocycles. The van der Waals surface area contributed by atoms with E-state index >= 15 is 0 Å². The number of amides is 2. The van der Waals surface area contributed by atoms with E-state index in [1.54, 1.807) is 20.9 Å². The van der Waals surface area contributed by atoms with Crippen molar-refractivity contribution in [3.8, 4) is 11.8 Å². The number of carbonyl (C=O) groups excluding carboxylic acids is 1. The highest BCUT2D eigenvalue weighted by Gasteiger charge is 2.16. The summed E-state index contributed by atoms with van der Waals surface area (Å²) in [5.74, 6) is 4.08. The second-order valence-electron chi connectivity index (χ2n) is 3.53. The summed E-state index contributed by atoms with van der Waals surface area (Å²) in [5.41, 5.74) is 0. The molecule has 0 saturated heterocycles. The first-order chi connectivity index (χ1) is 7.49. The summed E-state index contributed by atoms with van der Waals surface area (Å²) < 4.78 is 0. The van der Waals surface area contributed by atoms with Gasteiger partial charge in [-0.05, 0) is 6.92 Å². The number of nitrogens with one attached hydrogen (secondary N) is 1. The molecule has 0 aromatic carbocycles. The first kappa shape index (κ1) is 14.3. The molecular weight excluding hydrogens is 208 g/mol. The van der Waals surface area contributed by atoms with E-state index in [0.717, 1.165) is 0 Å². The zero-order valence-corrected chi connectivity index (χ0v) is 9.91. The van der Waals surface area contributed by atoms with E-state index in [0.29, 0.717) is 13.0 Å². The highest BCUT2D eigenvalue weighted by molar-refractivity contribution is 5.75. The Hall–Kier alpha value is -1.70. The van der Waals surface area contributed by atoms with Gasteiger partial charge < -0.3 is 15.3 Å². The van der Waals surface area contributed by atoms with E-state index in [-0.39, 0.29) is 12.6 Å². The number of carboxylic acid groups (broad SMARTS) is 1. The van der Waals surface area contributed by atoms with Crippen LogP contribution >= 0.6 is 0 Å². The van der Waals surface area contributed by atoms with Crippen molar-refractivity contribution < 1.29 is 14.7 Å². The van der Waals surface area contributed by atoms with Gasteiger partial charge in [-0.3, -0.25) is 4.79 Å². The van der Waals surface area contributed by atoms with Gasteiger partial charge in [0.15, 0.2) is 0 Å². The molecule has 1 atom stereocenters. The van der Waals surface area contributed by atoms with Gasteiger partial charge in [0.1, 0.15) is 0 Å². The Morgan fingerprint density at radius 3 is 2.62 bits per heavy atom. The molecule has 0 aromatic heterocycles. The van der Waals surface area contributed by atoms with Crippen LogP contribution in [0.15, 0.2) is 0 Å². The van der Waals surface area contributed by atoms with Crippen LogP contribution in [0.25, 0.3) is 0 Å². The zero-order chi connectivity index (χ0) is 12.6. The number of hydrogen-bond acceptors (Lipinski definition) is 2. The van der Waals surface area contributed by atoms with Gasteiger partial charge in [-0.2, -0.15) is 0 Å². The zero-order valence-electron chi connectivity index (χ0n) is 9.91. The molecule has 5 nitrogen and oxygen atoms in total. The fourth-order valence-electron chi connectivity index (χ4n) is 1.06. The Balaban J connectivity index is 3.88. The Morgan fingerprint density at radius 1 is 1.50 bits per heavy atom. The standard InChI is InChI=1S/C11H18N2O3/c1-4-5-6-7-12-11(16)13(3)8-9(2)10(14)15/h9H,6-8H2,1-3H3,(H,12,16)(H,14,15). The Kier molecular flexibility index (Phi) is 6.77. The molecule has 0 fully saturated rings. The van der Waals surface area contributed by atoms with E-state index in [9.17, 15) is 9.59 Å². The molecule has 90 valence electrons. The molecule has 2 amide bonds. The lowest BCUT2D eigenvalue weighted by Crippen LogP contribution is -2.41. The third-order valence-electron chi connectivity index (χ3n) is 2.02. The van der Waals surface area contributed by atoms with Gasteiger partial charge >= 0.3 is 12.0 Å². The van der Waals surface area contributed by atoms with Gasteiger partial charge in [0.2, 0.25) is 0 Å². The predicted molar refractivity (Wildman–Crippen MR) is 60.9 cm³/mol. The van der Waals surface area contributed by atoms with Gasteiger partial charge in [0, 0.05) is 26.6 Å². The number of hydrogen-bond donors (Lipinski definition) is 2. The number of nitrogens with zero attached hydrogens (tertiary/aromatic N) is 1. The molecule has 0 aliphatic rings. The number of aliphatic carboxylic acids is 1. The van der Waals surface area contributed by atoms with Gasteiger partial charge in [-0.15, -0.1) is 11.8 Å². The van der Waals surface area contributed by atoms with Crippen molar-refractivity contribution in [2.24, 2.45) is 5.92 Å². The lowest BCUT2D eigenvalue weighted by molar-refractivity contribution is -0.141. The van der Waals surface area contributed by atoms with Gasteiger partial charge in [0.25, 0.3) is 0 Å². The van der Waals surface area contributed by atoms with Crippen LogP contribution in [0.1, 0.15) is 20.3 Å². The molecule has 0 radical (unpaired) electrons. The van der Waals surface area contributed by atoms with Crippen LogP contribution < -0.4 is 5.32 Å². The molecule has 0 aromatic rings. The van der Waals surface area contributed by atoms with Crippen LogP contribution in [0, 0.1) is 17.8 Å². The van der Waals surface area contributed by atoms with E-state index in [4.69, 9.17) is 5.11 Å². The first-order valence-corrected chi connectivity index (χ1v) is 5.10. The summed E-state index contributed by atoms with van der Waals surface area (Å²) in [4.78, 5) is 23.4. The first-order valence-electron chi connectivity index (χ1n) is 5.10. The molecule has 1 unspecified atom stereocenters. The molecule has 0 heterocycles. The normalized spacial score (nSPS) is 10.9. The quantitative estimate of drug-likeness (QED) is 0.537. The molecule has 0 rings (SSSR count). The average molecular weight is 226 g/mol. The van der Waals surface area contributed by atoms with Crippen LogP contribution in [0.4, 0.5) is 4.79 Å². The molecule has 2 N–H and O–H groups in total. The van der Waals surface area contributed by atoms with Crippen molar-refractivity contribution in [3.63, 3.8) is 0 Å². The van der Waals surface area contributed by atoms with E-state index < -0.39 is 11.9 Å². The Morgan fingerprint density at radius 2 is 2.12 bits per heavy atom. The number of urea groups is 1. The molecular formula is C11H18N2O3. The minimum atomic E-state index is -0.906. The molecule has 0 bridgehead atoms. The molecule has 0 aliphatic heterocycles. The second-order valence-corrected chi connectivity index (χ2v) is 3.53. The topological polar surface area (TPSA) is 69.6 Å². The van der Waals surface area contributed by atoms with Crippen LogP contribution in [0.2, 0.25) is 0 Å². The highest BCUT2D eigenvalue weighted by Crippen LogP contribution is 1.98. The third-order valence-corrected chi connectivity index (χ3v) is 2.02. The lowest BCUT2D eigenvalue weighted by atomic mass is 10.2. The molecule has 0 aliphatic carbocycles. The summed E-state index contributed by atoms with van der Waals surface area (Å²) in [6, 6.07) is -0.272.